The summed E-state index contributed by atoms with van der Waals surface area (Å²) in [6.07, 6.45) is -5.63. The Morgan fingerprint density at radius 2 is 1.78 bits per heavy atom. The van der Waals surface area contributed by atoms with Gasteiger partial charge >= 0.3 is 0 Å². The van der Waals surface area contributed by atoms with Crippen molar-refractivity contribution in [1.82, 2.24) is 0 Å². The van der Waals surface area contributed by atoms with Gasteiger partial charge in [-0.05, 0) is 19.9 Å². The number of aromatic hydroxyl groups is 3. The fourth-order valence-corrected chi connectivity index (χ4v) is 5.58. The number of rotatable bonds is 3. The van der Waals surface area contributed by atoms with Gasteiger partial charge in [-0.25, -0.2) is 0 Å². The zero-order valence-electron chi connectivity index (χ0n) is 20.2. The van der Waals surface area contributed by atoms with Gasteiger partial charge in [-0.2, -0.15) is 0 Å². The molecule has 8 N–H and O–H groups in total. The predicted molar refractivity (Wildman–Crippen MR) is 126 cm³/mol. The number of carbonyl (C=O) groups is 2. The van der Waals surface area contributed by atoms with E-state index in [1.165, 1.54) is 25.1 Å². The van der Waals surface area contributed by atoms with E-state index in [2.05, 4.69) is 0 Å². The highest BCUT2D eigenvalue weighted by atomic mass is 16.7. The van der Waals surface area contributed by atoms with Crippen molar-refractivity contribution in [3.8, 4) is 17.2 Å². The molecule has 1 fully saturated rings. The third kappa shape index (κ3) is 3.81. The van der Waals surface area contributed by atoms with Crippen molar-refractivity contribution in [2.24, 2.45) is 5.73 Å². The van der Waals surface area contributed by atoms with E-state index in [1.807, 2.05) is 0 Å². The average molecular weight is 516 g/mol. The van der Waals surface area contributed by atoms with E-state index in [4.69, 9.17) is 15.2 Å². The van der Waals surface area contributed by atoms with Gasteiger partial charge in [0.25, 0.3) is 0 Å². The Balaban J connectivity index is 1.67. The van der Waals surface area contributed by atoms with Crippen LogP contribution in [0, 0.1) is 0 Å². The molecule has 1 aliphatic heterocycles. The summed E-state index contributed by atoms with van der Waals surface area (Å²) in [5.74, 6) is -3.37. The van der Waals surface area contributed by atoms with Crippen LogP contribution < -0.4 is 5.73 Å². The molecule has 198 valence electrons. The molecule has 11 nitrogen and oxygen atoms in total. The van der Waals surface area contributed by atoms with Gasteiger partial charge in [-0.15, -0.1) is 0 Å². The van der Waals surface area contributed by atoms with Crippen molar-refractivity contribution in [3.05, 3.63) is 51.6 Å². The minimum Gasteiger partial charge on any atom is -0.507 e. The zero-order valence-corrected chi connectivity index (χ0v) is 20.2. The van der Waals surface area contributed by atoms with Gasteiger partial charge in [0.15, 0.2) is 12.1 Å². The van der Waals surface area contributed by atoms with E-state index in [0.717, 1.165) is 0 Å². The highest BCUT2D eigenvalue weighted by molar-refractivity contribution is 6.31. The van der Waals surface area contributed by atoms with Crippen molar-refractivity contribution < 1.29 is 49.7 Å². The van der Waals surface area contributed by atoms with E-state index in [9.17, 15) is 40.2 Å². The molecular weight excluding hydrogens is 486 g/mol. The summed E-state index contributed by atoms with van der Waals surface area (Å²) >= 11 is 0. The number of aliphatic hydroxyl groups excluding tert-OH is 2. The van der Waals surface area contributed by atoms with Crippen molar-refractivity contribution in [1.29, 1.82) is 0 Å². The summed E-state index contributed by atoms with van der Waals surface area (Å²) in [7, 11) is 0. The van der Waals surface area contributed by atoms with Gasteiger partial charge in [0.05, 0.1) is 46.7 Å². The molecule has 0 aromatic heterocycles. The van der Waals surface area contributed by atoms with Crippen molar-refractivity contribution in [2.45, 2.75) is 75.5 Å². The van der Waals surface area contributed by atoms with Crippen LogP contribution in [0.25, 0.3) is 0 Å². The largest absolute Gasteiger partial charge is 0.507 e. The van der Waals surface area contributed by atoms with Gasteiger partial charge < -0.3 is 45.8 Å². The molecule has 0 saturated carbocycles. The second kappa shape index (κ2) is 8.76. The van der Waals surface area contributed by atoms with Crippen LogP contribution in [0.4, 0.5) is 0 Å². The van der Waals surface area contributed by atoms with E-state index in [1.54, 1.807) is 6.92 Å². The average Bonchev–Trinajstić information content (AvgIpc) is 2.82. The first kappa shape index (κ1) is 25.6. The second-order valence-corrected chi connectivity index (χ2v) is 10.1. The zero-order chi connectivity index (χ0) is 27.0. The number of benzene rings is 2. The van der Waals surface area contributed by atoms with Crippen LogP contribution in [-0.4, -0.2) is 78.5 Å². The van der Waals surface area contributed by atoms with Crippen LogP contribution in [0.15, 0.2) is 18.2 Å². The molecule has 11 heteroatoms. The number of phenolic OH excluding ortho intramolecular Hbond substituents is 3. The smallest absolute Gasteiger partial charge is 0.202 e. The van der Waals surface area contributed by atoms with Crippen molar-refractivity contribution in [2.75, 3.05) is 0 Å². The Labute approximate surface area is 211 Å². The monoisotopic (exact) mass is 515 g/mol. The van der Waals surface area contributed by atoms with Crippen molar-refractivity contribution >= 4 is 11.6 Å². The first-order chi connectivity index (χ1) is 17.4. The Hall–Kier alpha value is -3.06. The molecule has 0 bridgehead atoms. The lowest BCUT2D eigenvalue weighted by Crippen LogP contribution is -2.53. The highest BCUT2D eigenvalue weighted by Gasteiger charge is 2.49. The number of hydrogen-bond acceptors (Lipinski definition) is 11. The van der Waals surface area contributed by atoms with Crippen LogP contribution in [-0.2, 0) is 15.9 Å². The molecule has 0 radical (unpaired) electrons. The molecule has 1 saturated heterocycles. The number of carbonyl (C=O) groups excluding carboxylic acids is 2. The van der Waals surface area contributed by atoms with E-state index < -0.39 is 82.3 Å². The molecule has 2 aliphatic carbocycles. The van der Waals surface area contributed by atoms with Crippen molar-refractivity contribution in [3.63, 3.8) is 0 Å². The molecule has 1 heterocycles. The number of phenols is 3. The number of ether oxygens (including phenoxy) is 2. The topological polar surface area (TPSA) is 200 Å². The van der Waals surface area contributed by atoms with Gasteiger partial charge in [0, 0.05) is 42.0 Å². The standard InChI is InChI=1S/C26H29NO10/c1-9-21(30)13(27)6-16(36-9)37-15-8-26(35,10(2)28)7-12-18(15)25(34)20-19(23(12)32)22(31)11-4-3-5-14(29)17(11)24(20)33/h3-5,9-10,13,15-16,21,28-30,32,34-35H,6-8,27H2,1-2H3/t9-,10?,13-,15?,16-,21+,26?/m0/s1. The van der Waals surface area contributed by atoms with E-state index >= 15 is 0 Å². The Morgan fingerprint density at radius 1 is 1.11 bits per heavy atom. The minimum absolute atomic E-state index is 0.0439. The van der Waals surface area contributed by atoms with Crippen LogP contribution in [0.3, 0.4) is 0 Å². The van der Waals surface area contributed by atoms with Gasteiger partial charge in [-0.1, -0.05) is 12.1 Å². The Bertz CT molecular complexity index is 1290. The number of ketones is 2. The van der Waals surface area contributed by atoms with Gasteiger partial charge in [-0.3, -0.25) is 9.59 Å². The molecule has 3 unspecified atom stereocenters. The lowest BCUT2D eigenvalue weighted by atomic mass is 9.71. The molecule has 37 heavy (non-hydrogen) atoms. The lowest BCUT2D eigenvalue weighted by Gasteiger charge is -2.43. The normalized spacial score (nSPS) is 31.9. The number of nitrogens with two attached hydrogens (primary N) is 1. The van der Waals surface area contributed by atoms with Gasteiger partial charge in [0.2, 0.25) is 5.78 Å². The molecule has 5 rings (SSSR count). The fraction of sp³-hybridized carbons (Fsp3) is 0.462. The molecule has 3 aliphatic rings. The van der Waals surface area contributed by atoms with E-state index in [0.29, 0.717) is 0 Å². The maximum atomic E-state index is 13.4. The molecule has 0 amide bonds. The maximum absolute atomic E-state index is 13.4. The molecule has 0 spiro atoms. The van der Waals surface area contributed by atoms with Crippen LogP contribution in [0.2, 0.25) is 0 Å². The molecule has 2 aromatic carbocycles. The summed E-state index contributed by atoms with van der Waals surface area (Å²) in [6, 6.07) is 3.25. The SMILES string of the molecule is CC(O)C1(O)Cc2c(O)c3c(c(O)c2C(O[C@H]2C[C@H](N)[C@H](O)[C@H](C)O2)C1)C(=O)c1c(O)cccc1C3=O. The Morgan fingerprint density at radius 3 is 2.43 bits per heavy atom. The number of hydrogen-bond donors (Lipinski definition) is 7. The molecular formula is C26H29NO10. The summed E-state index contributed by atoms with van der Waals surface area (Å²) in [5.41, 5.74) is 2.69. The third-order valence-electron chi connectivity index (χ3n) is 7.75. The first-order valence-electron chi connectivity index (χ1n) is 12.0. The number of aliphatic hydroxyl groups is 3. The van der Waals surface area contributed by atoms with Gasteiger partial charge in [0.1, 0.15) is 17.2 Å². The third-order valence-corrected chi connectivity index (χ3v) is 7.75. The summed E-state index contributed by atoms with van der Waals surface area (Å²) < 4.78 is 11.8. The van der Waals surface area contributed by atoms with E-state index in [-0.39, 0.29) is 41.5 Å². The fourth-order valence-electron chi connectivity index (χ4n) is 5.58. The predicted octanol–water partition coefficient (Wildman–Crippen LogP) is 0.518. The summed E-state index contributed by atoms with van der Waals surface area (Å²) in [4.78, 5) is 26.7. The van der Waals surface area contributed by atoms with Crippen LogP contribution >= 0.6 is 0 Å². The molecule has 2 aromatic rings. The maximum Gasteiger partial charge on any atom is 0.202 e. The summed E-state index contributed by atoms with van der Waals surface area (Å²) in [6.45, 7) is 2.96. The first-order valence-corrected chi connectivity index (χ1v) is 12.0. The highest BCUT2D eigenvalue weighted by Crippen LogP contribution is 2.52. The lowest BCUT2D eigenvalue weighted by molar-refractivity contribution is -0.250. The Kier molecular flexibility index (Phi) is 6.06. The number of fused-ring (bicyclic) bond motifs is 3. The van der Waals surface area contributed by atoms with Crippen LogP contribution in [0.1, 0.15) is 75.8 Å². The van der Waals surface area contributed by atoms with Crippen LogP contribution in [0.5, 0.6) is 17.2 Å². The second-order valence-electron chi connectivity index (χ2n) is 10.1. The quantitative estimate of drug-likeness (QED) is 0.240. The summed E-state index contributed by atoms with van der Waals surface area (Å²) in [5, 5.41) is 64.7. The molecule has 7 atom stereocenters. The minimum atomic E-state index is -1.82.